The zero-order valence-corrected chi connectivity index (χ0v) is 16.5. The molecular weight excluding hydrogens is 391 g/mol. The molecule has 0 unspecified atom stereocenters. The average molecular weight is 414 g/mol. The number of halogens is 1. The quantitative estimate of drug-likeness (QED) is 0.786. The molecule has 0 aliphatic carbocycles. The maximum atomic E-state index is 13.8. The molecule has 0 aromatic heterocycles. The Bertz CT molecular complexity index is 949. The topological polar surface area (TPSA) is 77.1 Å². The lowest BCUT2D eigenvalue weighted by atomic mass is 10.1. The van der Waals surface area contributed by atoms with Gasteiger partial charge in [-0.1, -0.05) is 12.1 Å². The summed E-state index contributed by atoms with van der Waals surface area (Å²) in [4.78, 5) is 26.4. The largest absolute Gasteiger partial charge is 0.490 e. The average Bonchev–Trinajstić information content (AvgIpc) is 2.77. The fraction of sp³-hybridized carbons (Fsp3) is 0.364. The van der Waals surface area contributed by atoms with E-state index in [0.29, 0.717) is 55.4 Å². The summed E-state index contributed by atoms with van der Waals surface area (Å²) in [6.45, 7) is 1.66. The van der Waals surface area contributed by atoms with Crippen LogP contribution in [0.1, 0.15) is 24.0 Å². The molecule has 0 saturated carbocycles. The van der Waals surface area contributed by atoms with Gasteiger partial charge in [-0.15, -0.1) is 0 Å². The zero-order valence-electron chi connectivity index (χ0n) is 16.5. The third kappa shape index (κ3) is 4.54. The number of ether oxygens (including phenoxy) is 3. The molecule has 2 aromatic rings. The van der Waals surface area contributed by atoms with Gasteiger partial charge in [-0.05, 0) is 36.2 Å². The molecule has 8 heteroatoms. The number of hydrogen-bond donors (Lipinski definition) is 1. The van der Waals surface area contributed by atoms with E-state index in [4.69, 9.17) is 14.2 Å². The Labute approximate surface area is 173 Å². The summed E-state index contributed by atoms with van der Waals surface area (Å²) in [7, 11) is 0. The third-order valence-corrected chi connectivity index (χ3v) is 5.06. The van der Waals surface area contributed by atoms with Gasteiger partial charge in [0.15, 0.2) is 6.79 Å². The van der Waals surface area contributed by atoms with Crippen molar-refractivity contribution >= 4 is 17.5 Å². The molecule has 2 aliphatic heterocycles. The number of fused-ring (bicyclic) bond motifs is 2. The van der Waals surface area contributed by atoms with Gasteiger partial charge in [-0.2, -0.15) is 0 Å². The fourth-order valence-corrected chi connectivity index (χ4v) is 3.65. The Kier molecular flexibility index (Phi) is 6.13. The Balaban J connectivity index is 1.26. The standard InChI is InChI=1S/C22H23FN2O5/c23-17-11-15(22-16(12-17)13-28-14-30-22)7-8-24-20(26)5-6-21(27)25-9-10-29-19-4-2-1-3-18(19)25/h1-4,11-12H,5-10,13-14H2,(H,24,26). The van der Waals surface area contributed by atoms with E-state index in [9.17, 15) is 14.0 Å². The first kappa shape index (κ1) is 20.2. The molecule has 158 valence electrons. The molecule has 0 saturated heterocycles. The molecule has 30 heavy (non-hydrogen) atoms. The van der Waals surface area contributed by atoms with Crippen LogP contribution in [0.15, 0.2) is 36.4 Å². The molecule has 2 heterocycles. The van der Waals surface area contributed by atoms with Crippen LogP contribution in [0.4, 0.5) is 10.1 Å². The van der Waals surface area contributed by atoms with Crippen LogP contribution in [-0.2, 0) is 27.4 Å². The van der Waals surface area contributed by atoms with Crippen molar-refractivity contribution in [1.82, 2.24) is 5.32 Å². The minimum atomic E-state index is -0.361. The van der Waals surface area contributed by atoms with Crippen LogP contribution < -0.4 is 19.7 Å². The highest BCUT2D eigenvalue weighted by Crippen LogP contribution is 2.31. The highest BCUT2D eigenvalue weighted by molar-refractivity contribution is 5.97. The van der Waals surface area contributed by atoms with Gasteiger partial charge < -0.3 is 24.4 Å². The lowest BCUT2D eigenvalue weighted by molar-refractivity contribution is -0.125. The van der Waals surface area contributed by atoms with Gasteiger partial charge in [0.2, 0.25) is 11.8 Å². The predicted octanol–water partition coefficient (Wildman–Crippen LogP) is 2.56. The molecule has 2 aliphatic rings. The van der Waals surface area contributed by atoms with Crippen LogP contribution in [0.5, 0.6) is 11.5 Å². The number of nitrogens with zero attached hydrogens (tertiary/aromatic N) is 1. The van der Waals surface area contributed by atoms with Crippen LogP contribution >= 0.6 is 0 Å². The Morgan fingerprint density at radius 1 is 1.13 bits per heavy atom. The van der Waals surface area contributed by atoms with Crippen LogP contribution in [-0.4, -0.2) is 38.3 Å². The van der Waals surface area contributed by atoms with Crippen LogP contribution in [0.2, 0.25) is 0 Å². The monoisotopic (exact) mass is 414 g/mol. The van der Waals surface area contributed by atoms with Crippen molar-refractivity contribution in [3.05, 3.63) is 53.3 Å². The molecule has 0 bridgehead atoms. The summed E-state index contributed by atoms with van der Waals surface area (Å²) >= 11 is 0. The lowest BCUT2D eigenvalue weighted by Crippen LogP contribution is -2.38. The number of nitrogens with one attached hydrogen (secondary N) is 1. The van der Waals surface area contributed by atoms with Crippen LogP contribution in [0.3, 0.4) is 0 Å². The number of para-hydroxylation sites is 2. The summed E-state index contributed by atoms with van der Waals surface area (Å²) < 4.78 is 30.0. The normalized spacial score (nSPS) is 14.8. The molecule has 0 fully saturated rings. The SMILES string of the molecule is O=C(CCC(=O)N1CCOc2ccccc21)NCCc1cc(F)cc2c1OCOC2. The van der Waals surface area contributed by atoms with E-state index in [-0.39, 0.29) is 37.3 Å². The molecule has 1 N–H and O–H groups in total. The van der Waals surface area contributed by atoms with Crippen LogP contribution in [0.25, 0.3) is 0 Å². The molecule has 0 spiro atoms. The van der Waals surface area contributed by atoms with Gasteiger partial charge in [-0.3, -0.25) is 9.59 Å². The second-order valence-electron chi connectivity index (χ2n) is 7.13. The zero-order chi connectivity index (χ0) is 20.9. The van der Waals surface area contributed by atoms with E-state index in [1.165, 1.54) is 12.1 Å². The minimum Gasteiger partial charge on any atom is -0.490 e. The van der Waals surface area contributed by atoms with Crippen molar-refractivity contribution in [3.63, 3.8) is 0 Å². The number of hydrogen-bond acceptors (Lipinski definition) is 5. The summed E-state index contributed by atoms with van der Waals surface area (Å²) in [5.41, 5.74) is 2.09. The molecule has 4 rings (SSSR count). The molecule has 0 atom stereocenters. The molecule has 0 radical (unpaired) electrons. The highest BCUT2D eigenvalue weighted by Gasteiger charge is 2.23. The van der Waals surface area contributed by atoms with Crippen molar-refractivity contribution in [2.24, 2.45) is 0 Å². The number of carbonyl (C=O) groups is 2. The number of benzene rings is 2. The molecule has 2 aromatic carbocycles. The molecular formula is C22H23FN2O5. The van der Waals surface area contributed by atoms with Gasteiger partial charge in [-0.25, -0.2) is 4.39 Å². The Morgan fingerprint density at radius 2 is 2.00 bits per heavy atom. The number of anilines is 1. The number of carbonyl (C=O) groups excluding carboxylic acids is 2. The first-order chi connectivity index (χ1) is 14.6. The van der Waals surface area contributed by atoms with Gasteiger partial charge >= 0.3 is 0 Å². The molecule has 7 nitrogen and oxygen atoms in total. The maximum Gasteiger partial charge on any atom is 0.227 e. The molecule has 2 amide bonds. The van der Waals surface area contributed by atoms with Gasteiger partial charge in [0.1, 0.15) is 23.9 Å². The minimum absolute atomic E-state index is 0.0873. The van der Waals surface area contributed by atoms with Crippen LogP contribution in [0, 0.1) is 5.82 Å². The maximum absolute atomic E-state index is 13.8. The number of rotatable bonds is 6. The van der Waals surface area contributed by atoms with Gasteiger partial charge in [0.25, 0.3) is 0 Å². The van der Waals surface area contributed by atoms with Crippen molar-refractivity contribution in [3.8, 4) is 11.5 Å². The second-order valence-corrected chi connectivity index (χ2v) is 7.13. The summed E-state index contributed by atoms with van der Waals surface area (Å²) in [6.07, 6.45) is 0.622. The second kappa shape index (κ2) is 9.13. The van der Waals surface area contributed by atoms with Gasteiger partial charge in [0.05, 0.1) is 18.8 Å². The predicted molar refractivity (Wildman–Crippen MR) is 107 cm³/mol. The smallest absolute Gasteiger partial charge is 0.227 e. The highest BCUT2D eigenvalue weighted by atomic mass is 19.1. The van der Waals surface area contributed by atoms with Gasteiger partial charge in [0, 0.05) is 24.9 Å². The lowest BCUT2D eigenvalue weighted by Gasteiger charge is -2.29. The Hall–Kier alpha value is -3.13. The number of amides is 2. The Morgan fingerprint density at radius 3 is 2.90 bits per heavy atom. The summed E-state index contributed by atoms with van der Waals surface area (Å²) in [5.74, 6) is 0.596. The van der Waals surface area contributed by atoms with Crippen molar-refractivity contribution in [2.75, 3.05) is 31.4 Å². The van der Waals surface area contributed by atoms with E-state index in [0.717, 1.165) is 5.69 Å². The first-order valence-corrected chi connectivity index (χ1v) is 9.92. The van der Waals surface area contributed by atoms with Crippen molar-refractivity contribution in [2.45, 2.75) is 25.9 Å². The summed E-state index contributed by atoms with van der Waals surface area (Å²) in [6, 6.07) is 10.2. The van der Waals surface area contributed by atoms with E-state index >= 15 is 0 Å². The van der Waals surface area contributed by atoms with E-state index in [1.807, 2.05) is 24.3 Å². The first-order valence-electron chi connectivity index (χ1n) is 9.92. The van der Waals surface area contributed by atoms with Crippen molar-refractivity contribution in [1.29, 1.82) is 0 Å². The fourth-order valence-electron chi connectivity index (χ4n) is 3.65. The van der Waals surface area contributed by atoms with E-state index < -0.39 is 0 Å². The van der Waals surface area contributed by atoms with E-state index in [2.05, 4.69) is 5.32 Å². The third-order valence-electron chi connectivity index (χ3n) is 5.06. The summed E-state index contributed by atoms with van der Waals surface area (Å²) in [5, 5.41) is 2.79. The van der Waals surface area contributed by atoms with E-state index in [1.54, 1.807) is 4.90 Å². The van der Waals surface area contributed by atoms with Crippen molar-refractivity contribution < 1.29 is 28.2 Å².